The van der Waals surface area contributed by atoms with Gasteiger partial charge >= 0.3 is 5.97 Å². The van der Waals surface area contributed by atoms with E-state index in [0.717, 1.165) is 16.8 Å². The molecule has 2 heterocycles. The molecule has 0 saturated heterocycles. The zero-order valence-corrected chi connectivity index (χ0v) is 18.4. The van der Waals surface area contributed by atoms with Crippen molar-refractivity contribution in [2.75, 3.05) is 5.32 Å². The molecule has 166 valence electrons. The van der Waals surface area contributed by atoms with E-state index in [1.54, 1.807) is 18.2 Å². The number of benzene rings is 3. The summed E-state index contributed by atoms with van der Waals surface area (Å²) in [5, 5.41) is 17.2. The molecule has 34 heavy (non-hydrogen) atoms. The third kappa shape index (κ3) is 4.45. The lowest BCUT2D eigenvalue weighted by Gasteiger charge is -2.06. The zero-order valence-electron chi connectivity index (χ0n) is 17.5. The van der Waals surface area contributed by atoms with E-state index in [9.17, 15) is 14.9 Å². The van der Waals surface area contributed by atoms with Gasteiger partial charge < -0.3 is 10.1 Å². The number of thiazole rings is 1. The number of nitro benzene ring substituents is 1. The summed E-state index contributed by atoms with van der Waals surface area (Å²) in [6.45, 7) is 0. The number of nitro groups is 1. The second-order valence-corrected chi connectivity index (χ2v) is 8.12. The Morgan fingerprint density at radius 1 is 0.971 bits per heavy atom. The third-order valence-corrected chi connectivity index (χ3v) is 5.74. The number of carbonyl (C=O) groups excluding carboxylic acids is 1. The van der Waals surface area contributed by atoms with Gasteiger partial charge in [-0.05, 0) is 23.8 Å². The van der Waals surface area contributed by atoms with Gasteiger partial charge in [0.1, 0.15) is 5.69 Å². The fraction of sp³-hybridized carbons (Fsp3) is 0. The molecular formula is C25H16N4O4S. The highest BCUT2D eigenvalue weighted by molar-refractivity contribution is 7.14. The minimum Gasteiger partial charge on any atom is -0.402 e. The van der Waals surface area contributed by atoms with Crippen molar-refractivity contribution in [3.8, 4) is 11.3 Å². The summed E-state index contributed by atoms with van der Waals surface area (Å²) in [6.07, 6.45) is 1.60. The predicted octanol–water partition coefficient (Wildman–Crippen LogP) is 5.81. The molecule has 0 radical (unpaired) electrons. The number of nitrogens with one attached hydrogen (secondary N) is 1. The summed E-state index contributed by atoms with van der Waals surface area (Å²) in [4.78, 5) is 32.3. The molecule has 8 nitrogen and oxygen atoms in total. The normalized spacial score (nSPS) is 14.1. The first-order valence-electron chi connectivity index (χ1n) is 10.2. The first-order chi connectivity index (χ1) is 16.6. The smallest absolute Gasteiger partial charge is 0.363 e. The lowest BCUT2D eigenvalue weighted by atomic mass is 10.1. The molecule has 0 spiro atoms. The van der Waals surface area contributed by atoms with Crippen LogP contribution in [0.1, 0.15) is 11.1 Å². The number of carbonyl (C=O) groups is 1. The number of ether oxygens (including phenoxy) is 1. The minimum atomic E-state index is -0.611. The van der Waals surface area contributed by atoms with Crippen LogP contribution in [0.25, 0.3) is 17.3 Å². The number of hydrogen-bond acceptors (Lipinski definition) is 8. The molecule has 1 aromatic heterocycles. The van der Waals surface area contributed by atoms with E-state index in [-0.39, 0.29) is 23.0 Å². The molecule has 3 aromatic carbocycles. The van der Waals surface area contributed by atoms with E-state index >= 15 is 0 Å². The molecule has 4 aromatic rings. The van der Waals surface area contributed by atoms with Gasteiger partial charge in [-0.3, -0.25) is 10.1 Å². The Morgan fingerprint density at radius 3 is 2.44 bits per heavy atom. The van der Waals surface area contributed by atoms with E-state index in [1.807, 2.05) is 66.0 Å². The van der Waals surface area contributed by atoms with Crippen molar-refractivity contribution >= 4 is 45.8 Å². The molecule has 0 fully saturated rings. The number of cyclic esters (lactones) is 1. The highest BCUT2D eigenvalue weighted by atomic mass is 32.1. The summed E-state index contributed by atoms with van der Waals surface area (Å²) >= 11 is 1.35. The second kappa shape index (κ2) is 9.08. The van der Waals surface area contributed by atoms with Gasteiger partial charge in [0.15, 0.2) is 10.8 Å². The highest BCUT2D eigenvalue weighted by Gasteiger charge is 2.26. The lowest BCUT2D eigenvalue weighted by Crippen LogP contribution is -2.06. The predicted molar refractivity (Wildman–Crippen MR) is 131 cm³/mol. The summed E-state index contributed by atoms with van der Waals surface area (Å²) < 4.78 is 5.27. The molecule has 0 unspecified atom stereocenters. The van der Waals surface area contributed by atoms with Crippen LogP contribution in [-0.2, 0) is 9.53 Å². The Bertz CT molecular complexity index is 1450. The summed E-state index contributed by atoms with van der Waals surface area (Å²) in [7, 11) is 0. The van der Waals surface area contributed by atoms with Gasteiger partial charge in [0.05, 0.1) is 10.6 Å². The van der Waals surface area contributed by atoms with Crippen LogP contribution < -0.4 is 5.32 Å². The van der Waals surface area contributed by atoms with Gasteiger partial charge in [-0.25, -0.2) is 14.8 Å². The monoisotopic (exact) mass is 468 g/mol. The van der Waals surface area contributed by atoms with Crippen LogP contribution in [-0.4, -0.2) is 21.8 Å². The van der Waals surface area contributed by atoms with Gasteiger partial charge in [0, 0.05) is 22.6 Å². The van der Waals surface area contributed by atoms with Gasteiger partial charge in [-0.15, -0.1) is 11.3 Å². The maximum absolute atomic E-state index is 12.3. The number of esters is 1. The Balaban J connectivity index is 1.42. The number of anilines is 2. The first kappa shape index (κ1) is 21.2. The van der Waals surface area contributed by atoms with E-state index < -0.39 is 10.9 Å². The van der Waals surface area contributed by atoms with Crippen LogP contribution >= 0.6 is 11.3 Å². The van der Waals surface area contributed by atoms with Crippen molar-refractivity contribution in [3.05, 3.63) is 111 Å². The first-order valence-corrected chi connectivity index (χ1v) is 11.1. The Labute approximate surface area is 198 Å². The lowest BCUT2D eigenvalue weighted by molar-refractivity contribution is -0.383. The van der Waals surface area contributed by atoms with Gasteiger partial charge in [-0.2, -0.15) is 0 Å². The topological polar surface area (TPSA) is 107 Å². The number of aromatic nitrogens is 1. The standard InChI is InChI=1S/C25H16N4O4S/c30-24-20(13-16-7-3-1-4-8-16)26-23(33-24)18-11-12-19(22(14-18)29(31)32)27-25-28-21(15-34-25)17-9-5-2-6-10-17/h1-15H,(H,27,28)/b20-13+. The van der Waals surface area contributed by atoms with Gasteiger partial charge in [-0.1, -0.05) is 60.7 Å². The summed E-state index contributed by atoms with van der Waals surface area (Å²) in [6, 6.07) is 23.4. The summed E-state index contributed by atoms with van der Waals surface area (Å²) in [5.41, 5.74) is 3.06. The fourth-order valence-corrected chi connectivity index (χ4v) is 4.08. The third-order valence-electron chi connectivity index (χ3n) is 4.98. The average molecular weight is 468 g/mol. The van der Waals surface area contributed by atoms with Crippen molar-refractivity contribution in [1.82, 2.24) is 4.98 Å². The number of hydrogen-bond donors (Lipinski definition) is 1. The maximum Gasteiger partial charge on any atom is 0.363 e. The summed E-state index contributed by atoms with van der Waals surface area (Å²) in [5.74, 6) is -0.595. The molecule has 0 aliphatic carbocycles. The Hall–Kier alpha value is -4.63. The van der Waals surface area contributed by atoms with Crippen LogP contribution in [0.5, 0.6) is 0 Å². The molecule has 9 heteroatoms. The zero-order chi connectivity index (χ0) is 23.5. The van der Waals surface area contributed by atoms with Crippen molar-refractivity contribution in [3.63, 3.8) is 0 Å². The molecule has 0 saturated carbocycles. The minimum absolute atomic E-state index is 0.0162. The van der Waals surface area contributed by atoms with Gasteiger partial charge in [0.25, 0.3) is 5.69 Å². The van der Waals surface area contributed by atoms with E-state index in [0.29, 0.717) is 10.7 Å². The van der Waals surface area contributed by atoms with E-state index in [1.165, 1.54) is 17.4 Å². The van der Waals surface area contributed by atoms with Gasteiger partial charge in [0.2, 0.25) is 5.90 Å². The SMILES string of the molecule is O=C1OC(c2ccc(Nc3nc(-c4ccccc4)cs3)c([N+](=O)[O-])c2)=N/C1=C/c1ccccc1. The quantitative estimate of drug-likeness (QED) is 0.166. The Kier molecular flexibility index (Phi) is 5.67. The average Bonchev–Trinajstić information content (AvgIpc) is 3.47. The van der Waals surface area contributed by atoms with Crippen LogP contribution in [0.4, 0.5) is 16.5 Å². The molecule has 0 bridgehead atoms. The molecule has 5 rings (SSSR count). The van der Waals surface area contributed by atoms with Crippen molar-refractivity contribution < 1.29 is 14.5 Å². The molecule has 0 atom stereocenters. The van der Waals surface area contributed by atoms with Crippen molar-refractivity contribution in [2.45, 2.75) is 0 Å². The number of aliphatic imine (C=N–C) groups is 1. The molecule has 1 aliphatic rings. The molecular weight excluding hydrogens is 452 g/mol. The van der Waals surface area contributed by atoms with E-state index in [2.05, 4.69) is 15.3 Å². The number of rotatable bonds is 6. The molecule has 1 N–H and O–H groups in total. The van der Waals surface area contributed by atoms with Crippen molar-refractivity contribution in [1.29, 1.82) is 0 Å². The van der Waals surface area contributed by atoms with Crippen LogP contribution in [0.15, 0.2) is 94.9 Å². The highest BCUT2D eigenvalue weighted by Crippen LogP contribution is 2.33. The van der Waals surface area contributed by atoms with Crippen LogP contribution in [0.3, 0.4) is 0 Å². The largest absolute Gasteiger partial charge is 0.402 e. The molecule has 1 aliphatic heterocycles. The van der Waals surface area contributed by atoms with Crippen LogP contribution in [0, 0.1) is 10.1 Å². The Morgan fingerprint density at radius 2 is 1.71 bits per heavy atom. The van der Waals surface area contributed by atoms with Crippen LogP contribution in [0.2, 0.25) is 0 Å². The number of nitrogens with zero attached hydrogens (tertiary/aromatic N) is 3. The van der Waals surface area contributed by atoms with Crippen molar-refractivity contribution in [2.24, 2.45) is 4.99 Å². The fourth-order valence-electron chi connectivity index (χ4n) is 3.35. The molecule has 0 amide bonds. The van der Waals surface area contributed by atoms with E-state index in [4.69, 9.17) is 4.74 Å². The maximum atomic E-state index is 12.3. The second-order valence-electron chi connectivity index (χ2n) is 7.26.